The highest BCUT2D eigenvalue weighted by molar-refractivity contribution is 6.05. The van der Waals surface area contributed by atoms with Crippen LogP contribution in [0.1, 0.15) is 54.4 Å². The van der Waals surface area contributed by atoms with Crippen LogP contribution in [-0.2, 0) is 19.1 Å². The number of ether oxygens (including phenoxy) is 1. The second kappa shape index (κ2) is 11.2. The third kappa shape index (κ3) is 4.33. The van der Waals surface area contributed by atoms with Gasteiger partial charge < -0.3 is 29.6 Å². The van der Waals surface area contributed by atoms with Crippen molar-refractivity contribution in [3.8, 4) is 0 Å². The third-order valence-electron chi connectivity index (χ3n) is 9.97. The molecule has 3 heterocycles. The average molecular weight is 556 g/mol. The summed E-state index contributed by atoms with van der Waals surface area (Å²) in [6.45, 7) is 17.2. The molecule has 3 aliphatic rings. The van der Waals surface area contributed by atoms with Gasteiger partial charge in [-0.15, -0.1) is 6.58 Å². The number of carbonyl (C=O) groups excluding carboxylic acids is 2. The predicted molar refractivity (Wildman–Crippen MR) is 154 cm³/mol. The molecule has 4 rings (SSSR count). The van der Waals surface area contributed by atoms with Crippen molar-refractivity contribution in [2.45, 2.75) is 77.7 Å². The third-order valence-corrected chi connectivity index (χ3v) is 9.97. The topological polar surface area (TPSA) is 111 Å². The van der Waals surface area contributed by atoms with Gasteiger partial charge in [-0.2, -0.15) is 0 Å². The average Bonchev–Trinajstić information content (AvgIpc) is 3.45. The Hall–Kier alpha value is -2.91. The molecule has 220 valence electrons. The van der Waals surface area contributed by atoms with Gasteiger partial charge in [0.2, 0.25) is 5.91 Å². The van der Waals surface area contributed by atoms with E-state index in [0.717, 1.165) is 18.8 Å². The van der Waals surface area contributed by atoms with E-state index in [1.807, 2.05) is 45.0 Å². The summed E-state index contributed by atoms with van der Waals surface area (Å²) in [6.07, 6.45) is 2.70. The maximum atomic E-state index is 14.7. The van der Waals surface area contributed by atoms with Crippen LogP contribution in [0.4, 0.5) is 11.4 Å². The molecule has 0 aromatic heterocycles. The largest absolute Gasteiger partial charge is 0.481 e. The molecule has 8 atom stereocenters. The molecular weight excluding hydrogens is 510 g/mol. The zero-order valence-electron chi connectivity index (χ0n) is 24.7. The normalized spacial score (nSPS) is 32.1. The van der Waals surface area contributed by atoms with Crippen molar-refractivity contribution >= 4 is 29.2 Å². The smallest absolute Gasteiger partial charge is 0.310 e. The van der Waals surface area contributed by atoms with Crippen molar-refractivity contribution in [1.29, 1.82) is 0 Å². The number of aliphatic hydroxyl groups excluding tert-OH is 1. The number of hydrogen-bond donors (Lipinski definition) is 2. The van der Waals surface area contributed by atoms with Gasteiger partial charge in [-0.1, -0.05) is 33.3 Å². The number of likely N-dealkylation sites (tertiary alicyclic amines) is 1. The molecule has 0 radical (unpaired) electrons. The van der Waals surface area contributed by atoms with Gasteiger partial charge in [0.25, 0.3) is 5.91 Å². The highest BCUT2D eigenvalue weighted by Gasteiger charge is 2.80. The summed E-state index contributed by atoms with van der Waals surface area (Å²) in [4.78, 5) is 46.9. The van der Waals surface area contributed by atoms with Crippen LogP contribution in [0, 0.1) is 23.7 Å². The van der Waals surface area contributed by atoms with E-state index in [1.54, 1.807) is 17.9 Å². The zero-order valence-corrected chi connectivity index (χ0v) is 24.7. The van der Waals surface area contributed by atoms with Gasteiger partial charge in [0.05, 0.1) is 24.2 Å². The second-order valence-electron chi connectivity index (χ2n) is 11.8. The van der Waals surface area contributed by atoms with Crippen LogP contribution >= 0.6 is 0 Å². The maximum Gasteiger partial charge on any atom is 0.310 e. The summed E-state index contributed by atoms with van der Waals surface area (Å²) >= 11 is 0. The Bertz CT molecular complexity index is 1140. The van der Waals surface area contributed by atoms with Gasteiger partial charge in [-0.05, 0) is 63.3 Å². The van der Waals surface area contributed by atoms with Crippen molar-refractivity contribution in [1.82, 2.24) is 4.90 Å². The van der Waals surface area contributed by atoms with E-state index in [4.69, 9.17) is 4.74 Å². The van der Waals surface area contributed by atoms with Gasteiger partial charge in [-0.3, -0.25) is 14.4 Å². The maximum absolute atomic E-state index is 14.7. The number of hydrogen-bond acceptors (Lipinski definition) is 6. The number of carboxylic acid groups (broad SMARTS) is 1. The lowest BCUT2D eigenvalue weighted by atomic mass is 9.62. The summed E-state index contributed by atoms with van der Waals surface area (Å²) < 4.78 is 6.64. The highest BCUT2D eigenvalue weighted by atomic mass is 16.5. The van der Waals surface area contributed by atoms with Gasteiger partial charge in [-0.25, -0.2) is 0 Å². The molecule has 3 aliphatic heterocycles. The Morgan fingerprint density at radius 3 is 2.30 bits per heavy atom. The fourth-order valence-corrected chi connectivity index (χ4v) is 7.54. The summed E-state index contributed by atoms with van der Waals surface area (Å²) in [5.74, 6) is -4.25. The SMILES string of the molecule is C=CCN(C(=O)C1N([C@@H](CO)[C@@H](C)CC)C(=O)[C@@H]2[C@@H](C(=O)O)[C@]3(C)OC12CC3C)c1ccc(N(CC)CC)cc1. The van der Waals surface area contributed by atoms with Crippen LogP contribution in [0.3, 0.4) is 0 Å². The second-order valence-corrected chi connectivity index (χ2v) is 11.8. The standard InChI is InChI=1S/C31H45N3O6/c1-8-16-33(22-14-12-21(13-15-22)32(10-3)11-4)28(37)26-31-17-20(6)30(7,40-31)25(29(38)39)24(31)27(36)34(26)23(18-35)19(5)9-2/h8,12-15,19-20,23-26,35H,1,9-11,16-18H2,2-7H3,(H,38,39)/t19-,20?,23-,24-,25-,26?,30+,31?/m0/s1. The number of fused-ring (bicyclic) bond motifs is 1. The first-order valence-corrected chi connectivity index (χ1v) is 14.6. The first-order valence-electron chi connectivity index (χ1n) is 14.6. The van der Waals surface area contributed by atoms with E-state index < -0.39 is 47.0 Å². The first-order chi connectivity index (χ1) is 19.0. The molecule has 1 aromatic rings. The molecule has 2 bridgehead atoms. The van der Waals surface area contributed by atoms with Crippen molar-refractivity contribution in [3.63, 3.8) is 0 Å². The molecule has 9 heteroatoms. The predicted octanol–water partition coefficient (Wildman–Crippen LogP) is 3.55. The van der Waals surface area contributed by atoms with Crippen molar-refractivity contribution in [2.75, 3.05) is 36.0 Å². The van der Waals surface area contributed by atoms with Crippen LogP contribution in [0.25, 0.3) is 0 Å². The van der Waals surface area contributed by atoms with Gasteiger partial charge in [0.1, 0.15) is 17.6 Å². The number of nitrogens with zero attached hydrogens (tertiary/aromatic N) is 3. The van der Waals surface area contributed by atoms with E-state index in [0.29, 0.717) is 18.5 Å². The lowest BCUT2D eigenvalue weighted by molar-refractivity contribution is -0.158. The molecule has 0 aliphatic carbocycles. The number of anilines is 2. The fraction of sp³-hybridized carbons (Fsp3) is 0.645. The Morgan fingerprint density at radius 1 is 1.20 bits per heavy atom. The molecule has 2 amide bonds. The Kier molecular flexibility index (Phi) is 8.39. The van der Waals surface area contributed by atoms with E-state index in [-0.39, 0.29) is 30.9 Å². The molecule has 1 spiro atoms. The minimum atomic E-state index is -1.30. The lowest BCUT2D eigenvalue weighted by Gasteiger charge is -2.41. The molecule has 3 fully saturated rings. The van der Waals surface area contributed by atoms with Crippen molar-refractivity contribution < 1.29 is 29.3 Å². The minimum Gasteiger partial charge on any atom is -0.481 e. The van der Waals surface area contributed by atoms with Crippen LogP contribution in [0.2, 0.25) is 0 Å². The van der Waals surface area contributed by atoms with Crippen LogP contribution in [0.5, 0.6) is 0 Å². The van der Waals surface area contributed by atoms with Crippen LogP contribution < -0.4 is 9.80 Å². The van der Waals surface area contributed by atoms with Crippen molar-refractivity contribution in [2.24, 2.45) is 23.7 Å². The molecule has 1 aromatic carbocycles. The van der Waals surface area contributed by atoms with E-state index in [1.165, 1.54) is 4.90 Å². The minimum absolute atomic E-state index is 0.117. The Morgan fingerprint density at radius 2 is 1.80 bits per heavy atom. The Labute approximate surface area is 237 Å². The summed E-state index contributed by atoms with van der Waals surface area (Å²) in [5.41, 5.74) is -0.681. The van der Waals surface area contributed by atoms with Gasteiger partial charge in [0.15, 0.2) is 0 Å². The molecule has 2 N–H and O–H groups in total. The number of carbonyl (C=O) groups is 3. The van der Waals surface area contributed by atoms with Crippen LogP contribution in [-0.4, -0.2) is 82.4 Å². The summed E-state index contributed by atoms with van der Waals surface area (Å²) in [5, 5.41) is 20.8. The number of benzene rings is 1. The van der Waals surface area contributed by atoms with E-state index in [2.05, 4.69) is 25.3 Å². The summed E-state index contributed by atoms with van der Waals surface area (Å²) in [6, 6.07) is 6.00. The number of aliphatic hydroxyl groups is 1. The molecule has 40 heavy (non-hydrogen) atoms. The highest BCUT2D eigenvalue weighted by Crippen LogP contribution is 2.65. The fourth-order valence-electron chi connectivity index (χ4n) is 7.54. The van der Waals surface area contributed by atoms with Gasteiger partial charge >= 0.3 is 5.97 Å². The van der Waals surface area contributed by atoms with Gasteiger partial charge in [0, 0.05) is 31.0 Å². The molecule has 9 nitrogen and oxygen atoms in total. The number of rotatable bonds is 12. The lowest BCUT2D eigenvalue weighted by Crippen LogP contribution is -2.60. The molecular formula is C31H45N3O6. The molecule has 0 saturated carbocycles. The van der Waals surface area contributed by atoms with Crippen molar-refractivity contribution in [3.05, 3.63) is 36.9 Å². The van der Waals surface area contributed by atoms with E-state index in [9.17, 15) is 24.6 Å². The quantitative estimate of drug-likeness (QED) is 0.380. The number of amides is 2. The van der Waals surface area contributed by atoms with E-state index >= 15 is 0 Å². The number of carboxylic acids is 1. The molecule has 3 saturated heterocycles. The number of aliphatic carboxylic acids is 1. The first kappa shape index (κ1) is 30.1. The Balaban J connectivity index is 1.85. The zero-order chi connectivity index (χ0) is 29.6. The monoisotopic (exact) mass is 555 g/mol. The van der Waals surface area contributed by atoms with Crippen LogP contribution in [0.15, 0.2) is 36.9 Å². The molecule has 3 unspecified atom stereocenters. The summed E-state index contributed by atoms with van der Waals surface area (Å²) in [7, 11) is 0.